The Kier molecular flexibility index (Phi) is 5.94. The molecule has 0 unspecified atom stereocenters. The average Bonchev–Trinajstić information content (AvgIpc) is 2.95. The first-order chi connectivity index (χ1) is 13.0. The van der Waals surface area contributed by atoms with Gasteiger partial charge in [-0.05, 0) is 44.5 Å². The number of amides is 1. The number of carbonyl (C=O) groups excluding carboxylic acids is 1. The van der Waals surface area contributed by atoms with Crippen molar-refractivity contribution in [2.75, 3.05) is 11.9 Å². The number of anilines is 1. The Labute approximate surface area is 164 Å². The van der Waals surface area contributed by atoms with Crippen LogP contribution in [-0.4, -0.2) is 22.2 Å². The van der Waals surface area contributed by atoms with Crippen molar-refractivity contribution < 1.29 is 4.79 Å². The van der Waals surface area contributed by atoms with Gasteiger partial charge in [0.2, 0.25) is 5.91 Å². The summed E-state index contributed by atoms with van der Waals surface area (Å²) < 4.78 is 1.84. The van der Waals surface area contributed by atoms with Crippen molar-refractivity contribution >= 4 is 23.2 Å². The fourth-order valence-electron chi connectivity index (χ4n) is 3.01. The van der Waals surface area contributed by atoms with Crippen LogP contribution in [0.5, 0.6) is 0 Å². The lowest BCUT2D eigenvalue weighted by atomic mass is 10.1. The van der Waals surface area contributed by atoms with Crippen LogP contribution in [0.25, 0.3) is 5.69 Å². The monoisotopic (exact) mass is 382 g/mol. The van der Waals surface area contributed by atoms with Crippen LogP contribution in [0.15, 0.2) is 54.6 Å². The molecular weight excluding hydrogens is 360 g/mol. The van der Waals surface area contributed by atoms with Gasteiger partial charge in [-0.1, -0.05) is 48.0 Å². The fourth-order valence-corrected chi connectivity index (χ4v) is 3.31. The molecule has 0 saturated carbocycles. The molecule has 1 aromatic heterocycles. The van der Waals surface area contributed by atoms with Gasteiger partial charge in [-0.3, -0.25) is 4.79 Å². The van der Waals surface area contributed by atoms with Crippen LogP contribution in [0.4, 0.5) is 5.69 Å². The van der Waals surface area contributed by atoms with Crippen molar-refractivity contribution in [3.63, 3.8) is 0 Å². The lowest BCUT2D eigenvalue weighted by Crippen LogP contribution is -2.30. The molecule has 2 aromatic carbocycles. The van der Waals surface area contributed by atoms with Gasteiger partial charge in [-0.2, -0.15) is 5.10 Å². The van der Waals surface area contributed by atoms with Gasteiger partial charge in [0.15, 0.2) is 0 Å². The first-order valence-electron chi connectivity index (χ1n) is 8.86. The van der Waals surface area contributed by atoms with Gasteiger partial charge in [-0.25, -0.2) is 4.68 Å². The second-order valence-corrected chi connectivity index (χ2v) is 6.87. The van der Waals surface area contributed by atoms with Crippen molar-refractivity contribution in [2.45, 2.75) is 26.8 Å². The molecule has 5 nitrogen and oxygen atoms in total. The average molecular weight is 383 g/mol. The van der Waals surface area contributed by atoms with E-state index in [1.54, 1.807) is 0 Å². The first-order valence-corrected chi connectivity index (χ1v) is 9.24. The minimum absolute atomic E-state index is 0.0290. The third-order valence-corrected chi connectivity index (χ3v) is 4.84. The Hall–Kier alpha value is -2.63. The largest absolute Gasteiger partial charge is 0.322 e. The lowest BCUT2D eigenvalue weighted by Gasteiger charge is -2.15. The topological polar surface area (TPSA) is 59.0 Å². The van der Waals surface area contributed by atoms with Crippen LogP contribution < -0.4 is 10.6 Å². The van der Waals surface area contributed by atoms with E-state index in [1.807, 2.05) is 80.1 Å². The molecule has 0 aliphatic heterocycles. The summed E-state index contributed by atoms with van der Waals surface area (Å²) in [6.45, 7) is 6.00. The summed E-state index contributed by atoms with van der Waals surface area (Å²) in [7, 11) is 0. The first kappa shape index (κ1) is 19.1. The predicted molar refractivity (Wildman–Crippen MR) is 110 cm³/mol. The van der Waals surface area contributed by atoms with E-state index in [9.17, 15) is 4.79 Å². The zero-order valence-electron chi connectivity index (χ0n) is 15.7. The molecule has 0 aliphatic carbocycles. The van der Waals surface area contributed by atoms with E-state index in [4.69, 9.17) is 11.6 Å². The Balaban J connectivity index is 1.66. The highest BCUT2D eigenvalue weighted by molar-refractivity contribution is 6.31. The summed E-state index contributed by atoms with van der Waals surface area (Å²) in [6.07, 6.45) is 0. The minimum atomic E-state index is -0.118. The van der Waals surface area contributed by atoms with Crippen LogP contribution in [-0.2, 0) is 4.79 Å². The molecule has 2 N–H and O–H groups in total. The van der Waals surface area contributed by atoms with Gasteiger partial charge in [0.1, 0.15) is 0 Å². The van der Waals surface area contributed by atoms with E-state index in [1.165, 1.54) is 0 Å². The SMILES string of the molecule is Cc1nn(-c2ccccc2)c(C)c1NC(=O)CN[C@@H](C)c1ccccc1Cl. The molecule has 0 aliphatic rings. The molecule has 0 saturated heterocycles. The third-order valence-electron chi connectivity index (χ3n) is 4.50. The van der Waals surface area contributed by atoms with Gasteiger partial charge < -0.3 is 10.6 Å². The fraction of sp³-hybridized carbons (Fsp3) is 0.238. The summed E-state index contributed by atoms with van der Waals surface area (Å²) in [5.74, 6) is -0.118. The third kappa shape index (κ3) is 4.38. The molecule has 0 bridgehead atoms. The number of rotatable bonds is 6. The zero-order chi connectivity index (χ0) is 19.4. The van der Waals surface area contributed by atoms with Gasteiger partial charge in [0.25, 0.3) is 0 Å². The van der Waals surface area contributed by atoms with Crippen molar-refractivity contribution in [1.29, 1.82) is 0 Å². The van der Waals surface area contributed by atoms with Crippen molar-refractivity contribution in [3.05, 3.63) is 76.6 Å². The van der Waals surface area contributed by atoms with E-state index in [2.05, 4.69) is 15.7 Å². The molecule has 6 heteroatoms. The summed E-state index contributed by atoms with van der Waals surface area (Å²) in [5, 5.41) is 11.4. The number of aromatic nitrogens is 2. The number of aryl methyl sites for hydroxylation is 1. The number of nitrogens with one attached hydrogen (secondary N) is 2. The molecule has 0 radical (unpaired) electrons. The van der Waals surface area contributed by atoms with E-state index in [0.29, 0.717) is 5.02 Å². The van der Waals surface area contributed by atoms with Gasteiger partial charge >= 0.3 is 0 Å². The highest BCUT2D eigenvalue weighted by atomic mass is 35.5. The minimum Gasteiger partial charge on any atom is -0.322 e. The zero-order valence-corrected chi connectivity index (χ0v) is 16.4. The molecule has 0 spiro atoms. The molecule has 3 aromatic rings. The number of carbonyl (C=O) groups is 1. The maximum absolute atomic E-state index is 12.4. The van der Waals surface area contributed by atoms with Crippen LogP contribution in [0.2, 0.25) is 5.02 Å². The molecule has 3 rings (SSSR count). The van der Waals surface area contributed by atoms with E-state index >= 15 is 0 Å². The second-order valence-electron chi connectivity index (χ2n) is 6.47. The summed E-state index contributed by atoms with van der Waals surface area (Å²) in [5.41, 5.74) is 4.35. The number of halogens is 1. The van der Waals surface area contributed by atoms with Crippen molar-refractivity contribution in [2.24, 2.45) is 0 Å². The maximum Gasteiger partial charge on any atom is 0.238 e. The number of nitrogens with zero attached hydrogens (tertiary/aromatic N) is 2. The van der Waals surface area contributed by atoms with E-state index < -0.39 is 0 Å². The van der Waals surface area contributed by atoms with Crippen LogP contribution in [0.1, 0.15) is 29.9 Å². The van der Waals surface area contributed by atoms with Crippen LogP contribution in [0.3, 0.4) is 0 Å². The van der Waals surface area contributed by atoms with Gasteiger partial charge in [-0.15, -0.1) is 0 Å². The number of hydrogen-bond donors (Lipinski definition) is 2. The van der Waals surface area contributed by atoms with E-state index in [0.717, 1.165) is 28.3 Å². The quantitative estimate of drug-likeness (QED) is 0.663. The van der Waals surface area contributed by atoms with Crippen LogP contribution >= 0.6 is 11.6 Å². The smallest absolute Gasteiger partial charge is 0.238 e. The molecule has 1 atom stereocenters. The standard InChI is InChI=1S/C21H23ClN4O/c1-14(18-11-7-8-12-19(18)22)23-13-20(27)24-21-15(2)25-26(16(21)3)17-9-5-4-6-10-17/h4-12,14,23H,13H2,1-3H3,(H,24,27)/t14-/m0/s1. The molecule has 1 amide bonds. The summed E-state index contributed by atoms with van der Waals surface area (Å²) >= 11 is 6.22. The Bertz CT molecular complexity index is 937. The maximum atomic E-state index is 12.4. The van der Waals surface area contributed by atoms with E-state index in [-0.39, 0.29) is 18.5 Å². The van der Waals surface area contributed by atoms with Gasteiger partial charge in [0, 0.05) is 11.1 Å². The highest BCUT2D eigenvalue weighted by Gasteiger charge is 2.16. The van der Waals surface area contributed by atoms with Crippen LogP contribution in [0, 0.1) is 13.8 Å². The molecule has 0 fully saturated rings. The summed E-state index contributed by atoms with van der Waals surface area (Å²) in [6, 6.07) is 17.5. The lowest BCUT2D eigenvalue weighted by molar-refractivity contribution is -0.115. The Morgan fingerprint density at radius 3 is 2.48 bits per heavy atom. The van der Waals surface area contributed by atoms with Crippen molar-refractivity contribution in [3.8, 4) is 5.69 Å². The molecule has 27 heavy (non-hydrogen) atoms. The predicted octanol–water partition coefficient (Wildman–Crippen LogP) is 4.43. The second kappa shape index (κ2) is 8.37. The number of hydrogen-bond acceptors (Lipinski definition) is 3. The van der Waals surface area contributed by atoms with Crippen molar-refractivity contribution in [1.82, 2.24) is 15.1 Å². The molecular formula is C21H23ClN4O. The molecule has 140 valence electrons. The number of para-hydroxylation sites is 1. The molecule has 1 heterocycles. The summed E-state index contributed by atoms with van der Waals surface area (Å²) in [4.78, 5) is 12.4. The number of benzene rings is 2. The van der Waals surface area contributed by atoms with Gasteiger partial charge in [0.05, 0.1) is 29.3 Å². The Morgan fingerprint density at radius 2 is 1.78 bits per heavy atom. The Morgan fingerprint density at radius 1 is 1.11 bits per heavy atom. The highest BCUT2D eigenvalue weighted by Crippen LogP contribution is 2.23. The normalized spacial score (nSPS) is 12.0.